The Kier molecular flexibility index (Phi) is 4.99. The molecule has 0 aliphatic carbocycles. The van der Waals surface area contributed by atoms with Gasteiger partial charge in [-0.1, -0.05) is 32.0 Å². The van der Waals surface area contributed by atoms with Gasteiger partial charge in [0.25, 0.3) is 0 Å². The first kappa shape index (κ1) is 15.5. The quantitative estimate of drug-likeness (QED) is 0.875. The molecular formula is C17H24N2O2. The van der Waals surface area contributed by atoms with Crippen LogP contribution in [0.4, 0.5) is 5.69 Å². The Morgan fingerprint density at radius 1 is 1.33 bits per heavy atom. The van der Waals surface area contributed by atoms with Gasteiger partial charge in [-0.15, -0.1) is 0 Å². The molecule has 21 heavy (non-hydrogen) atoms. The minimum absolute atomic E-state index is 0.0263. The van der Waals surface area contributed by atoms with E-state index in [1.165, 1.54) is 0 Å². The minimum atomic E-state index is -0.111. The van der Waals surface area contributed by atoms with Crippen LogP contribution in [0.25, 0.3) is 0 Å². The number of rotatable bonds is 5. The summed E-state index contributed by atoms with van der Waals surface area (Å²) in [7, 11) is 0. The van der Waals surface area contributed by atoms with Crippen LogP contribution in [0.5, 0.6) is 0 Å². The second-order valence-corrected chi connectivity index (χ2v) is 6.19. The lowest BCUT2D eigenvalue weighted by Crippen LogP contribution is -2.37. The van der Waals surface area contributed by atoms with Gasteiger partial charge in [0.1, 0.15) is 0 Å². The number of anilines is 1. The van der Waals surface area contributed by atoms with Gasteiger partial charge in [0, 0.05) is 24.1 Å². The van der Waals surface area contributed by atoms with Gasteiger partial charge in [0.15, 0.2) is 0 Å². The Labute approximate surface area is 126 Å². The van der Waals surface area contributed by atoms with Crippen LogP contribution in [0.1, 0.15) is 39.2 Å². The van der Waals surface area contributed by atoms with Gasteiger partial charge in [-0.25, -0.2) is 0 Å². The number of hydrogen-bond acceptors (Lipinski definition) is 2. The first-order chi connectivity index (χ1) is 9.97. The third kappa shape index (κ3) is 4.06. The molecule has 1 aromatic rings. The van der Waals surface area contributed by atoms with Gasteiger partial charge < -0.3 is 10.6 Å². The molecule has 0 saturated heterocycles. The zero-order valence-electron chi connectivity index (χ0n) is 13.0. The monoisotopic (exact) mass is 288 g/mol. The van der Waals surface area contributed by atoms with Gasteiger partial charge in [-0.2, -0.15) is 0 Å². The van der Waals surface area contributed by atoms with Crippen LogP contribution in [0.2, 0.25) is 0 Å². The van der Waals surface area contributed by atoms with E-state index in [1.54, 1.807) is 0 Å². The second kappa shape index (κ2) is 6.74. The van der Waals surface area contributed by atoms with Crippen molar-refractivity contribution in [3.63, 3.8) is 0 Å². The Hall–Kier alpha value is -1.84. The van der Waals surface area contributed by atoms with E-state index in [-0.39, 0.29) is 23.8 Å². The van der Waals surface area contributed by atoms with Crippen molar-refractivity contribution in [2.24, 2.45) is 11.8 Å². The largest absolute Gasteiger partial charge is 0.353 e. The average molecular weight is 288 g/mol. The average Bonchev–Trinajstić information content (AvgIpc) is 2.44. The molecule has 0 aromatic heterocycles. The number of hydrogen-bond donors (Lipinski definition) is 2. The highest BCUT2D eigenvalue weighted by atomic mass is 16.2. The topological polar surface area (TPSA) is 58.2 Å². The molecule has 2 atom stereocenters. The predicted molar refractivity (Wildman–Crippen MR) is 83.9 cm³/mol. The Balaban J connectivity index is 1.87. The molecule has 2 N–H and O–H groups in total. The summed E-state index contributed by atoms with van der Waals surface area (Å²) < 4.78 is 0. The zero-order chi connectivity index (χ0) is 15.4. The molecule has 4 heteroatoms. The second-order valence-electron chi connectivity index (χ2n) is 6.19. The van der Waals surface area contributed by atoms with Gasteiger partial charge in [-0.05, 0) is 37.3 Å². The lowest BCUT2D eigenvalue weighted by atomic mass is 9.89. The molecule has 2 amide bonds. The molecular weight excluding hydrogens is 264 g/mol. The number of para-hydroxylation sites is 1. The summed E-state index contributed by atoms with van der Waals surface area (Å²) in [6, 6.07) is 8.01. The standard InChI is InChI=1S/C17H24N2O2/c1-11(2)12(3)18-16(20)9-8-14-10-13-6-4-5-7-15(13)19-17(14)21/h4-7,11-12,14H,8-10H2,1-3H3,(H,18,20)(H,19,21)/t12-,14-/m0/s1. The van der Waals surface area contributed by atoms with Crippen molar-refractivity contribution in [3.8, 4) is 0 Å². The van der Waals surface area contributed by atoms with Crippen molar-refractivity contribution in [1.82, 2.24) is 5.32 Å². The zero-order valence-corrected chi connectivity index (χ0v) is 13.0. The molecule has 2 rings (SSSR count). The molecule has 0 saturated carbocycles. The normalized spacial score (nSPS) is 18.9. The number of amides is 2. The van der Waals surface area contributed by atoms with Crippen molar-refractivity contribution in [2.45, 2.75) is 46.1 Å². The maximum absolute atomic E-state index is 12.1. The number of fused-ring (bicyclic) bond motifs is 1. The van der Waals surface area contributed by atoms with E-state index in [2.05, 4.69) is 24.5 Å². The summed E-state index contributed by atoms with van der Waals surface area (Å²) in [6.45, 7) is 6.17. The smallest absolute Gasteiger partial charge is 0.227 e. The van der Waals surface area contributed by atoms with Crippen LogP contribution in [-0.4, -0.2) is 17.9 Å². The van der Waals surface area contributed by atoms with Gasteiger partial charge in [0.2, 0.25) is 11.8 Å². The number of nitrogens with one attached hydrogen (secondary N) is 2. The molecule has 1 aliphatic heterocycles. The molecule has 1 heterocycles. The molecule has 0 fully saturated rings. The first-order valence-electron chi connectivity index (χ1n) is 7.65. The van der Waals surface area contributed by atoms with E-state index in [9.17, 15) is 9.59 Å². The highest BCUT2D eigenvalue weighted by Crippen LogP contribution is 2.27. The lowest BCUT2D eigenvalue weighted by Gasteiger charge is -2.24. The summed E-state index contributed by atoms with van der Waals surface area (Å²) in [4.78, 5) is 24.0. The first-order valence-corrected chi connectivity index (χ1v) is 7.65. The number of benzene rings is 1. The fourth-order valence-corrected chi connectivity index (χ4v) is 2.44. The molecule has 1 aliphatic rings. The van der Waals surface area contributed by atoms with Crippen LogP contribution in [-0.2, 0) is 16.0 Å². The van der Waals surface area contributed by atoms with Gasteiger partial charge >= 0.3 is 0 Å². The SMILES string of the molecule is CC(C)[C@H](C)NC(=O)CC[C@H]1Cc2ccccc2NC1=O. The number of carbonyl (C=O) groups is 2. The summed E-state index contributed by atoms with van der Waals surface area (Å²) in [6.07, 6.45) is 1.71. The van der Waals surface area contributed by atoms with E-state index in [1.807, 2.05) is 31.2 Å². The molecule has 0 bridgehead atoms. The summed E-state index contributed by atoms with van der Waals surface area (Å²) in [5.74, 6) is 0.361. The third-order valence-electron chi connectivity index (χ3n) is 4.22. The van der Waals surface area contributed by atoms with Crippen LogP contribution in [0.3, 0.4) is 0 Å². The van der Waals surface area contributed by atoms with E-state index in [0.717, 1.165) is 17.7 Å². The minimum Gasteiger partial charge on any atom is -0.353 e. The van der Waals surface area contributed by atoms with Crippen LogP contribution in [0, 0.1) is 11.8 Å². The van der Waals surface area contributed by atoms with E-state index < -0.39 is 0 Å². The summed E-state index contributed by atoms with van der Waals surface area (Å²) in [5, 5.41) is 5.90. The van der Waals surface area contributed by atoms with E-state index in [0.29, 0.717) is 18.8 Å². The fourth-order valence-electron chi connectivity index (χ4n) is 2.44. The Morgan fingerprint density at radius 2 is 2.05 bits per heavy atom. The lowest BCUT2D eigenvalue weighted by molar-refractivity contribution is -0.123. The molecule has 1 aromatic carbocycles. The van der Waals surface area contributed by atoms with Crippen molar-refractivity contribution < 1.29 is 9.59 Å². The summed E-state index contributed by atoms with van der Waals surface area (Å²) >= 11 is 0. The van der Waals surface area contributed by atoms with Gasteiger partial charge in [-0.3, -0.25) is 9.59 Å². The molecule has 0 spiro atoms. The Bertz CT molecular complexity index is 525. The number of carbonyl (C=O) groups excluding carboxylic acids is 2. The highest BCUT2D eigenvalue weighted by Gasteiger charge is 2.26. The van der Waals surface area contributed by atoms with E-state index in [4.69, 9.17) is 0 Å². The van der Waals surface area contributed by atoms with Crippen molar-refractivity contribution in [1.29, 1.82) is 0 Å². The van der Waals surface area contributed by atoms with Crippen LogP contribution < -0.4 is 10.6 Å². The molecule has 0 radical (unpaired) electrons. The maximum atomic E-state index is 12.1. The van der Waals surface area contributed by atoms with Crippen molar-refractivity contribution in [2.75, 3.05) is 5.32 Å². The van der Waals surface area contributed by atoms with E-state index >= 15 is 0 Å². The van der Waals surface area contributed by atoms with Crippen molar-refractivity contribution >= 4 is 17.5 Å². The maximum Gasteiger partial charge on any atom is 0.227 e. The van der Waals surface area contributed by atoms with Crippen LogP contribution in [0.15, 0.2) is 24.3 Å². The predicted octanol–water partition coefficient (Wildman–Crippen LogP) is 2.74. The highest BCUT2D eigenvalue weighted by molar-refractivity contribution is 5.96. The Morgan fingerprint density at radius 3 is 2.76 bits per heavy atom. The van der Waals surface area contributed by atoms with Crippen LogP contribution >= 0.6 is 0 Å². The summed E-state index contributed by atoms with van der Waals surface area (Å²) in [5.41, 5.74) is 2.05. The third-order valence-corrected chi connectivity index (χ3v) is 4.22. The molecule has 4 nitrogen and oxygen atoms in total. The van der Waals surface area contributed by atoms with Gasteiger partial charge in [0.05, 0.1) is 0 Å². The fraction of sp³-hybridized carbons (Fsp3) is 0.529. The van der Waals surface area contributed by atoms with Crippen molar-refractivity contribution in [3.05, 3.63) is 29.8 Å². The molecule has 0 unspecified atom stereocenters. The molecule has 114 valence electrons.